The van der Waals surface area contributed by atoms with Crippen molar-refractivity contribution >= 4 is 38.9 Å². The van der Waals surface area contributed by atoms with Crippen LogP contribution in [0.2, 0.25) is 5.02 Å². The Hall–Kier alpha value is -2.25. The Morgan fingerprint density at radius 3 is 2.61 bits per heavy atom. The number of fused-ring (bicyclic) bond motifs is 1. The van der Waals surface area contributed by atoms with Crippen molar-refractivity contribution in [2.24, 2.45) is 0 Å². The maximum atomic E-state index is 12.3. The number of nitrogens with zero attached hydrogens (tertiary/aromatic N) is 2. The highest BCUT2D eigenvalue weighted by atomic mass is 35.5. The van der Waals surface area contributed by atoms with Crippen LogP contribution in [0.15, 0.2) is 48.5 Å². The van der Waals surface area contributed by atoms with Crippen molar-refractivity contribution in [3.8, 4) is 0 Å². The molecular formula is C20H24ClN3O3S. The summed E-state index contributed by atoms with van der Waals surface area (Å²) in [6.45, 7) is 2.08. The molecule has 2 aromatic rings. The molecule has 0 saturated carbocycles. The normalized spacial score (nSPS) is 13.3. The maximum Gasteiger partial charge on any atom is 0.240 e. The molecule has 1 aliphatic heterocycles. The summed E-state index contributed by atoms with van der Waals surface area (Å²) in [4.78, 5) is 14.6. The molecule has 6 nitrogen and oxygen atoms in total. The number of benzene rings is 2. The first kappa shape index (κ1) is 20.5. The van der Waals surface area contributed by atoms with Crippen molar-refractivity contribution in [2.45, 2.75) is 12.8 Å². The van der Waals surface area contributed by atoms with Crippen LogP contribution in [-0.2, 0) is 21.2 Å². The smallest absolute Gasteiger partial charge is 0.240 e. The van der Waals surface area contributed by atoms with Crippen LogP contribution < -0.4 is 14.5 Å². The summed E-state index contributed by atoms with van der Waals surface area (Å²) in [5, 5.41) is 3.32. The van der Waals surface area contributed by atoms with E-state index in [9.17, 15) is 13.2 Å². The molecule has 1 amide bonds. The Balaban J connectivity index is 1.49. The van der Waals surface area contributed by atoms with Crippen LogP contribution in [0.5, 0.6) is 0 Å². The summed E-state index contributed by atoms with van der Waals surface area (Å²) < 4.78 is 25.2. The summed E-state index contributed by atoms with van der Waals surface area (Å²) in [5.41, 5.74) is 3.04. The Bertz CT molecular complexity index is 932. The van der Waals surface area contributed by atoms with Gasteiger partial charge in [-0.15, -0.1) is 0 Å². The van der Waals surface area contributed by atoms with E-state index in [2.05, 4.69) is 28.4 Å². The molecule has 28 heavy (non-hydrogen) atoms. The molecule has 1 aliphatic rings. The first-order chi connectivity index (χ1) is 13.3. The first-order valence-corrected chi connectivity index (χ1v) is 11.4. The highest BCUT2D eigenvalue weighted by molar-refractivity contribution is 7.92. The Labute approximate surface area is 171 Å². The van der Waals surface area contributed by atoms with Crippen LogP contribution in [0.25, 0.3) is 0 Å². The van der Waals surface area contributed by atoms with Gasteiger partial charge in [-0.3, -0.25) is 9.10 Å². The van der Waals surface area contributed by atoms with Crippen molar-refractivity contribution in [3.05, 3.63) is 59.1 Å². The van der Waals surface area contributed by atoms with Gasteiger partial charge in [-0.05, 0) is 48.7 Å². The van der Waals surface area contributed by atoms with Gasteiger partial charge in [0.1, 0.15) is 6.54 Å². The average molecular weight is 422 g/mol. The van der Waals surface area contributed by atoms with Crippen molar-refractivity contribution in [1.82, 2.24) is 5.32 Å². The molecule has 1 N–H and O–H groups in total. The standard InChI is InChI=1S/C20H24ClN3O3S/c1-28(26,27)24(18-9-7-17(21)8-10-18)15-20(25)22-12-4-13-23-14-11-16-5-2-3-6-19(16)23/h2-3,5-10H,4,11-15H2,1H3,(H,22,25). The number of amides is 1. The predicted octanol–water partition coefficient (Wildman–Crippen LogP) is 2.68. The highest BCUT2D eigenvalue weighted by Crippen LogP contribution is 2.27. The number of anilines is 2. The number of sulfonamides is 1. The molecule has 0 aromatic heterocycles. The number of halogens is 1. The van der Waals surface area contributed by atoms with Gasteiger partial charge in [0.15, 0.2) is 0 Å². The lowest BCUT2D eigenvalue weighted by atomic mass is 10.2. The van der Waals surface area contributed by atoms with E-state index in [1.807, 2.05) is 6.07 Å². The summed E-state index contributed by atoms with van der Waals surface area (Å²) >= 11 is 5.86. The fourth-order valence-electron chi connectivity index (χ4n) is 3.33. The number of nitrogens with one attached hydrogen (secondary N) is 1. The van der Waals surface area contributed by atoms with Gasteiger partial charge in [0.25, 0.3) is 0 Å². The highest BCUT2D eigenvalue weighted by Gasteiger charge is 2.21. The number of hydrogen-bond acceptors (Lipinski definition) is 4. The van der Waals surface area contributed by atoms with Crippen LogP contribution >= 0.6 is 11.6 Å². The fraction of sp³-hybridized carbons (Fsp3) is 0.350. The molecule has 3 rings (SSSR count). The lowest BCUT2D eigenvalue weighted by Gasteiger charge is -2.22. The van der Waals surface area contributed by atoms with Gasteiger partial charge in [0.05, 0.1) is 11.9 Å². The Kier molecular flexibility index (Phi) is 6.46. The van der Waals surface area contributed by atoms with E-state index in [0.29, 0.717) is 17.3 Å². The van der Waals surface area contributed by atoms with E-state index in [-0.39, 0.29) is 12.5 Å². The second-order valence-corrected chi connectivity index (χ2v) is 9.16. The van der Waals surface area contributed by atoms with E-state index in [1.165, 1.54) is 11.3 Å². The zero-order chi connectivity index (χ0) is 20.1. The predicted molar refractivity (Wildman–Crippen MR) is 114 cm³/mol. The SMILES string of the molecule is CS(=O)(=O)N(CC(=O)NCCCN1CCc2ccccc21)c1ccc(Cl)cc1. The Morgan fingerprint density at radius 2 is 1.89 bits per heavy atom. The third-order valence-corrected chi connectivity index (χ3v) is 6.11. The second kappa shape index (κ2) is 8.84. The molecule has 0 saturated heterocycles. The van der Waals surface area contributed by atoms with Crippen molar-refractivity contribution in [2.75, 3.05) is 41.6 Å². The van der Waals surface area contributed by atoms with E-state index in [4.69, 9.17) is 11.6 Å². The van der Waals surface area contributed by atoms with Crippen LogP contribution in [0, 0.1) is 0 Å². The summed E-state index contributed by atoms with van der Waals surface area (Å²) in [7, 11) is -3.58. The van der Waals surface area contributed by atoms with Crippen LogP contribution in [-0.4, -0.2) is 46.8 Å². The number of para-hydroxylation sites is 1. The molecule has 0 unspecified atom stereocenters. The fourth-order valence-corrected chi connectivity index (χ4v) is 4.31. The molecule has 0 aliphatic carbocycles. The zero-order valence-corrected chi connectivity index (χ0v) is 17.3. The minimum atomic E-state index is -3.58. The van der Waals surface area contributed by atoms with Gasteiger partial charge in [-0.25, -0.2) is 8.42 Å². The third-order valence-electron chi connectivity index (χ3n) is 4.71. The quantitative estimate of drug-likeness (QED) is 0.665. The molecule has 0 atom stereocenters. The van der Waals surface area contributed by atoms with Crippen molar-refractivity contribution < 1.29 is 13.2 Å². The Morgan fingerprint density at radius 1 is 1.18 bits per heavy atom. The van der Waals surface area contributed by atoms with Gasteiger partial charge >= 0.3 is 0 Å². The monoisotopic (exact) mass is 421 g/mol. The van der Waals surface area contributed by atoms with E-state index >= 15 is 0 Å². The molecule has 0 bridgehead atoms. The molecule has 150 valence electrons. The van der Waals surface area contributed by atoms with Gasteiger partial charge in [0, 0.05) is 30.3 Å². The molecular weight excluding hydrogens is 398 g/mol. The molecule has 0 fully saturated rings. The van der Waals surface area contributed by atoms with Gasteiger partial charge in [-0.1, -0.05) is 29.8 Å². The third kappa shape index (κ3) is 5.17. The summed E-state index contributed by atoms with van der Waals surface area (Å²) in [5.74, 6) is -0.331. The average Bonchev–Trinajstić information content (AvgIpc) is 3.06. The van der Waals surface area contributed by atoms with E-state index < -0.39 is 10.0 Å². The van der Waals surface area contributed by atoms with E-state index in [1.54, 1.807) is 24.3 Å². The van der Waals surface area contributed by atoms with Gasteiger partial charge in [-0.2, -0.15) is 0 Å². The minimum absolute atomic E-state index is 0.257. The topological polar surface area (TPSA) is 69.7 Å². The number of carbonyl (C=O) groups excluding carboxylic acids is 1. The molecule has 1 heterocycles. The molecule has 0 radical (unpaired) electrons. The van der Waals surface area contributed by atoms with Gasteiger partial charge < -0.3 is 10.2 Å². The molecule has 0 spiro atoms. The number of hydrogen-bond donors (Lipinski definition) is 1. The first-order valence-electron chi connectivity index (χ1n) is 9.17. The summed E-state index contributed by atoms with van der Waals surface area (Å²) in [6, 6.07) is 14.7. The largest absolute Gasteiger partial charge is 0.371 e. The second-order valence-electron chi connectivity index (χ2n) is 6.82. The maximum absolute atomic E-state index is 12.3. The van der Waals surface area contributed by atoms with Crippen molar-refractivity contribution in [3.63, 3.8) is 0 Å². The van der Waals surface area contributed by atoms with Crippen LogP contribution in [0.4, 0.5) is 11.4 Å². The number of rotatable bonds is 8. The van der Waals surface area contributed by atoms with Crippen LogP contribution in [0.1, 0.15) is 12.0 Å². The summed E-state index contributed by atoms with van der Waals surface area (Å²) in [6.07, 6.45) is 2.92. The van der Waals surface area contributed by atoms with Crippen LogP contribution in [0.3, 0.4) is 0 Å². The van der Waals surface area contributed by atoms with Crippen molar-refractivity contribution in [1.29, 1.82) is 0 Å². The van der Waals surface area contributed by atoms with E-state index in [0.717, 1.165) is 36.5 Å². The molecule has 2 aromatic carbocycles. The number of carbonyl (C=O) groups is 1. The van der Waals surface area contributed by atoms with Gasteiger partial charge in [0.2, 0.25) is 15.9 Å². The lowest BCUT2D eigenvalue weighted by molar-refractivity contribution is -0.119. The minimum Gasteiger partial charge on any atom is -0.371 e. The zero-order valence-electron chi connectivity index (χ0n) is 15.8. The molecule has 8 heteroatoms. The lowest BCUT2D eigenvalue weighted by Crippen LogP contribution is -2.41.